The highest BCUT2D eigenvalue weighted by molar-refractivity contribution is 7.10. The highest BCUT2D eigenvalue weighted by Gasteiger charge is 2.37. The Hall–Kier alpha value is -2.54. The van der Waals surface area contributed by atoms with Gasteiger partial charge in [-0.15, -0.1) is 11.3 Å². The molecule has 1 aliphatic carbocycles. The van der Waals surface area contributed by atoms with Crippen molar-refractivity contribution >= 4 is 23.3 Å². The Balaban J connectivity index is 1.47. The molecule has 1 N–H and O–H groups in total. The van der Waals surface area contributed by atoms with Crippen molar-refractivity contribution in [2.45, 2.75) is 44.7 Å². The third kappa shape index (κ3) is 4.78. The third-order valence-electron chi connectivity index (χ3n) is 5.65. The van der Waals surface area contributed by atoms with E-state index in [-0.39, 0.29) is 30.6 Å². The van der Waals surface area contributed by atoms with E-state index in [9.17, 15) is 9.59 Å². The number of para-hydroxylation sites is 1. The summed E-state index contributed by atoms with van der Waals surface area (Å²) in [5.41, 5.74) is 1.17. The van der Waals surface area contributed by atoms with E-state index in [1.807, 2.05) is 42.2 Å². The molecule has 1 aromatic heterocycles. The number of urea groups is 1. The monoisotopic (exact) mass is 427 g/mol. The molecule has 1 aromatic carbocycles. The van der Waals surface area contributed by atoms with Crippen molar-refractivity contribution in [2.24, 2.45) is 0 Å². The van der Waals surface area contributed by atoms with Crippen molar-refractivity contribution in [3.8, 4) is 5.75 Å². The predicted octanol–water partition coefficient (Wildman–Crippen LogP) is 3.84. The molecular weight excluding hydrogens is 398 g/mol. The summed E-state index contributed by atoms with van der Waals surface area (Å²) in [4.78, 5) is 30.8. The molecule has 1 saturated carbocycles. The van der Waals surface area contributed by atoms with E-state index < -0.39 is 0 Å². The van der Waals surface area contributed by atoms with Crippen LogP contribution in [0.3, 0.4) is 0 Å². The minimum atomic E-state index is -0.132. The average Bonchev–Trinajstić information content (AvgIpc) is 3.50. The van der Waals surface area contributed by atoms with Gasteiger partial charge in [-0.3, -0.25) is 4.79 Å². The minimum Gasteiger partial charge on any atom is -0.491 e. The molecule has 0 radical (unpaired) electrons. The van der Waals surface area contributed by atoms with Crippen molar-refractivity contribution in [3.05, 3.63) is 52.2 Å². The second-order valence-electron chi connectivity index (χ2n) is 7.87. The molecule has 30 heavy (non-hydrogen) atoms. The fraction of sp³-hybridized carbons (Fsp3) is 0.478. The molecule has 0 saturated heterocycles. The number of thiophene rings is 1. The van der Waals surface area contributed by atoms with Gasteiger partial charge in [0.1, 0.15) is 18.9 Å². The molecule has 6 nitrogen and oxygen atoms in total. The van der Waals surface area contributed by atoms with Crippen LogP contribution in [0.25, 0.3) is 0 Å². The number of carbonyl (C=O) groups is 2. The maximum absolute atomic E-state index is 13.3. The Bertz CT molecular complexity index is 866. The number of amides is 3. The SMILES string of the molecule is CCCNC(=O)N(CC(=O)N1CCc2sccc2[C@H]1COc1ccccc1)C1CC1. The lowest BCUT2D eigenvalue weighted by atomic mass is 10.0. The third-order valence-corrected chi connectivity index (χ3v) is 6.64. The summed E-state index contributed by atoms with van der Waals surface area (Å²) in [6, 6.07) is 11.7. The Morgan fingerprint density at radius 2 is 2.03 bits per heavy atom. The number of nitrogens with zero attached hydrogens (tertiary/aromatic N) is 2. The predicted molar refractivity (Wildman–Crippen MR) is 118 cm³/mol. The molecule has 1 atom stereocenters. The van der Waals surface area contributed by atoms with Crippen LogP contribution in [0.2, 0.25) is 0 Å². The standard InChI is InChI=1S/C23H29N3O3S/c1-2-12-24-23(28)26(17-8-9-17)15-22(27)25-13-10-21-19(11-14-30-21)20(25)16-29-18-6-4-3-5-7-18/h3-7,11,14,17,20H,2,8-10,12-13,15-16H2,1H3,(H,24,28)/t20-/m1/s1. The summed E-state index contributed by atoms with van der Waals surface area (Å²) in [6.45, 7) is 3.85. The zero-order valence-electron chi connectivity index (χ0n) is 17.4. The van der Waals surface area contributed by atoms with Crippen LogP contribution in [0.15, 0.2) is 41.8 Å². The first kappa shape index (κ1) is 20.7. The van der Waals surface area contributed by atoms with Crippen LogP contribution >= 0.6 is 11.3 Å². The van der Waals surface area contributed by atoms with E-state index in [1.165, 1.54) is 10.4 Å². The Labute approximate surface area is 181 Å². The molecule has 0 spiro atoms. The molecule has 2 aliphatic rings. The van der Waals surface area contributed by atoms with Gasteiger partial charge in [-0.1, -0.05) is 25.1 Å². The first-order valence-electron chi connectivity index (χ1n) is 10.8. The highest BCUT2D eigenvalue weighted by Crippen LogP contribution is 2.34. The van der Waals surface area contributed by atoms with Gasteiger partial charge in [0, 0.05) is 24.0 Å². The number of hydrogen-bond acceptors (Lipinski definition) is 4. The van der Waals surface area contributed by atoms with Gasteiger partial charge in [0.2, 0.25) is 5.91 Å². The Morgan fingerprint density at radius 1 is 1.23 bits per heavy atom. The highest BCUT2D eigenvalue weighted by atomic mass is 32.1. The van der Waals surface area contributed by atoms with Gasteiger partial charge in [-0.2, -0.15) is 0 Å². The molecule has 2 heterocycles. The molecule has 1 fully saturated rings. The zero-order chi connectivity index (χ0) is 20.9. The quantitative estimate of drug-likeness (QED) is 0.696. The van der Waals surface area contributed by atoms with E-state index in [1.54, 1.807) is 16.2 Å². The zero-order valence-corrected chi connectivity index (χ0v) is 18.2. The van der Waals surface area contributed by atoms with E-state index in [2.05, 4.69) is 16.8 Å². The van der Waals surface area contributed by atoms with Crippen molar-refractivity contribution in [1.29, 1.82) is 0 Å². The van der Waals surface area contributed by atoms with Crippen molar-refractivity contribution in [1.82, 2.24) is 15.1 Å². The van der Waals surface area contributed by atoms with Crippen LogP contribution in [0.1, 0.15) is 42.7 Å². The molecule has 0 bridgehead atoms. The molecule has 160 valence electrons. The van der Waals surface area contributed by atoms with Crippen LogP contribution in [-0.2, 0) is 11.2 Å². The minimum absolute atomic E-state index is 0.00735. The fourth-order valence-electron chi connectivity index (χ4n) is 3.89. The first-order valence-corrected chi connectivity index (χ1v) is 11.6. The number of carbonyl (C=O) groups excluding carboxylic acids is 2. The number of benzene rings is 1. The van der Waals surface area contributed by atoms with Crippen molar-refractivity contribution in [3.63, 3.8) is 0 Å². The number of hydrogen-bond donors (Lipinski definition) is 1. The largest absolute Gasteiger partial charge is 0.491 e. The summed E-state index contributed by atoms with van der Waals surface area (Å²) in [5, 5.41) is 5.01. The van der Waals surface area contributed by atoms with E-state index >= 15 is 0 Å². The lowest BCUT2D eigenvalue weighted by molar-refractivity contribution is -0.135. The summed E-state index contributed by atoms with van der Waals surface area (Å²) in [5.74, 6) is 0.790. The molecule has 4 rings (SSSR count). The maximum atomic E-state index is 13.3. The van der Waals surface area contributed by atoms with Crippen molar-refractivity contribution in [2.75, 3.05) is 26.2 Å². The normalized spacial score (nSPS) is 17.9. The molecule has 0 unspecified atom stereocenters. The number of rotatable bonds is 8. The number of fused-ring (bicyclic) bond motifs is 1. The molecule has 2 aromatic rings. The summed E-state index contributed by atoms with van der Waals surface area (Å²) in [6.07, 6.45) is 3.68. The first-order chi connectivity index (χ1) is 14.7. The van der Waals surface area contributed by atoms with Gasteiger partial charge in [0.25, 0.3) is 0 Å². The average molecular weight is 428 g/mol. The molecule has 3 amide bonds. The number of ether oxygens (including phenoxy) is 1. The van der Waals surface area contributed by atoms with Gasteiger partial charge in [-0.05, 0) is 54.8 Å². The summed E-state index contributed by atoms with van der Waals surface area (Å²) >= 11 is 1.74. The van der Waals surface area contributed by atoms with E-state index in [4.69, 9.17) is 4.74 Å². The number of nitrogens with one attached hydrogen (secondary N) is 1. The topological polar surface area (TPSA) is 61.9 Å². The Kier molecular flexibility index (Phi) is 6.57. The lowest BCUT2D eigenvalue weighted by Gasteiger charge is -2.37. The Morgan fingerprint density at radius 3 is 2.77 bits per heavy atom. The van der Waals surface area contributed by atoms with E-state index in [0.717, 1.165) is 31.4 Å². The molecular formula is C23H29N3O3S. The summed E-state index contributed by atoms with van der Waals surface area (Å²) in [7, 11) is 0. The van der Waals surface area contributed by atoms with Gasteiger partial charge in [0.05, 0.1) is 6.04 Å². The second kappa shape index (κ2) is 9.51. The smallest absolute Gasteiger partial charge is 0.318 e. The van der Waals surface area contributed by atoms with Gasteiger partial charge < -0.3 is 19.9 Å². The van der Waals surface area contributed by atoms with Gasteiger partial charge >= 0.3 is 6.03 Å². The summed E-state index contributed by atoms with van der Waals surface area (Å²) < 4.78 is 6.04. The van der Waals surface area contributed by atoms with Crippen LogP contribution in [-0.4, -0.2) is 54.0 Å². The van der Waals surface area contributed by atoms with Gasteiger partial charge in [0.15, 0.2) is 0 Å². The van der Waals surface area contributed by atoms with Crippen molar-refractivity contribution < 1.29 is 14.3 Å². The van der Waals surface area contributed by atoms with Gasteiger partial charge in [-0.25, -0.2) is 4.79 Å². The maximum Gasteiger partial charge on any atom is 0.318 e. The van der Waals surface area contributed by atoms with E-state index in [0.29, 0.717) is 19.7 Å². The van der Waals surface area contributed by atoms with Crippen LogP contribution in [0, 0.1) is 0 Å². The van der Waals surface area contributed by atoms with Crippen LogP contribution in [0.5, 0.6) is 5.75 Å². The second-order valence-corrected chi connectivity index (χ2v) is 8.87. The lowest BCUT2D eigenvalue weighted by Crippen LogP contribution is -2.50. The molecule has 7 heteroatoms. The fourth-order valence-corrected chi connectivity index (χ4v) is 4.82. The molecule has 1 aliphatic heterocycles. The van der Waals surface area contributed by atoms with Crippen LogP contribution < -0.4 is 10.1 Å². The van der Waals surface area contributed by atoms with Crippen LogP contribution in [0.4, 0.5) is 4.79 Å².